The summed E-state index contributed by atoms with van der Waals surface area (Å²) in [7, 11) is -3.64. The van der Waals surface area contributed by atoms with Gasteiger partial charge in [0.1, 0.15) is 5.75 Å². The van der Waals surface area contributed by atoms with Crippen LogP contribution in [0.15, 0.2) is 53.4 Å². The molecule has 172 valence electrons. The Hall–Kier alpha value is -2.62. The predicted octanol–water partition coefficient (Wildman–Crippen LogP) is 3.47. The second-order valence-corrected chi connectivity index (χ2v) is 9.62. The summed E-state index contributed by atoms with van der Waals surface area (Å²) in [6.07, 6.45) is 3.71. The molecule has 0 spiro atoms. The number of anilines is 1. The summed E-state index contributed by atoms with van der Waals surface area (Å²) in [4.78, 5) is 24.1. The van der Waals surface area contributed by atoms with Gasteiger partial charge in [-0.1, -0.05) is 42.6 Å². The van der Waals surface area contributed by atoms with E-state index >= 15 is 0 Å². The van der Waals surface area contributed by atoms with E-state index in [0.29, 0.717) is 29.5 Å². The smallest absolute Gasteiger partial charge is 0.344 e. The number of esters is 1. The van der Waals surface area contributed by atoms with Crippen LogP contribution in [0.1, 0.15) is 25.7 Å². The van der Waals surface area contributed by atoms with Gasteiger partial charge in [-0.15, -0.1) is 0 Å². The normalized spacial score (nSPS) is 14.9. The second kappa shape index (κ2) is 11.3. The van der Waals surface area contributed by atoms with Crippen molar-refractivity contribution < 1.29 is 27.5 Å². The largest absolute Gasteiger partial charge is 0.480 e. The molecule has 1 aliphatic heterocycles. The Morgan fingerprint density at radius 2 is 1.69 bits per heavy atom. The first kappa shape index (κ1) is 24.0. The van der Waals surface area contributed by atoms with Crippen LogP contribution >= 0.6 is 11.6 Å². The van der Waals surface area contributed by atoms with Crippen LogP contribution in [0.4, 0.5) is 5.69 Å². The first-order valence-corrected chi connectivity index (χ1v) is 12.1. The van der Waals surface area contributed by atoms with E-state index in [0.717, 1.165) is 25.7 Å². The lowest BCUT2D eigenvalue weighted by molar-refractivity contribution is -0.149. The van der Waals surface area contributed by atoms with Gasteiger partial charge in [0, 0.05) is 18.8 Å². The molecule has 1 fully saturated rings. The van der Waals surface area contributed by atoms with Crippen LogP contribution in [0.3, 0.4) is 0 Å². The fraction of sp³-hybridized carbons (Fsp3) is 0.364. The predicted molar refractivity (Wildman–Crippen MR) is 120 cm³/mol. The van der Waals surface area contributed by atoms with E-state index < -0.39 is 35.1 Å². The summed E-state index contributed by atoms with van der Waals surface area (Å²) in [5.74, 6) is -1.00. The number of carbonyl (C=O) groups excluding carboxylic acids is 2. The zero-order valence-corrected chi connectivity index (χ0v) is 19.0. The molecule has 32 heavy (non-hydrogen) atoms. The van der Waals surface area contributed by atoms with Gasteiger partial charge in [-0.3, -0.25) is 4.79 Å². The van der Waals surface area contributed by atoms with Gasteiger partial charge in [0.05, 0.1) is 9.92 Å². The third-order valence-electron chi connectivity index (χ3n) is 4.87. The molecule has 1 N–H and O–H groups in total. The van der Waals surface area contributed by atoms with Crippen LogP contribution < -0.4 is 10.1 Å². The number of ether oxygens (including phenoxy) is 2. The van der Waals surface area contributed by atoms with E-state index in [1.807, 2.05) is 0 Å². The highest BCUT2D eigenvalue weighted by Gasteiger charge is 2.25. The number of amides is 1. The number of rotatable bonds is 8. The third-order valence-corrected chi connectivity index (χ3v) is 7.07. The summed E-state index contributed by atoms with van der Waals surface area (Å²) in [5.41, 5.74) is 0.300. The van der Waals surface area contributed by atoms with Crippen LogP contribution in [-0.4, -0.2) is 50.9 Å². The standard InChI is InChI=1S/C22H25ClN2O6S/c23-19-10-3-4-11-20(19)30-16-22(27)31-15-21(26)24-17-8-7-9-18(14-17)32(28,29)25-12-5-1-2-6-13-25/h3-4,7-11,14H,1-2,5-6,12-13,15-16H2,(H,24,26). The number of halogens is 1. The monoisotopic (exact) mass is 480 g/mol. The van der Waals surface area contributed by atoms with E-state index in [1.54, 1.807) is 36.4 Å². The Balaban J connectivity index is 1.52. The second-order valence-electron chi connectivity index (χ2n) is 7.27. The Kier molecular flexibility index (Phi) is 8.49. The van der Waals surface area contributed by atoms with Crippen molar-refractivity contribution in [1.29, 1.82) is 0 Å². The number of para-hydroxylation sites is 1. The molecule has 8 nitrogen and oxygen atoms in total. The summed E-state index contributed by atoms with van der Waals surface area (Å²) >= 11 is 5.94. The third kappa shape index (κ3) is 6.69. The fourth-order valence-corrected chi connectivity index (χ4v) is 5.00. The van der Waals surface area contributed by atoms with Crippen LogP contribution in [-0.2, 0) is 24.3 Å². The molecular formula is C22H25ClN2O6S. The molecule has 0 atom stereocenters. The van der Waals surface area contributed by atoms with Crippen LogP contribution in [0, 0.1) is 0 Å². The minimum atomic E-state index is -3.64. The first-order valence-electron chi connectivity index (χ1n) is 10.3. The molecule has 2 aromatic rings. The Labute approximate surface area is 192 Å². The van der Waals surface area contributed by atoms with Crippen LogP contribution in [0.25, 0.3) is 0 Å². The van der Waals surface area contributed by atoms with Crippen molar-refractivity contribution in [2.75, 3.05) is 31.6 Å². The maximum Gasteiger partial charge on any atom is 0.344 e. The van der Waals surface area contributed by atoms with Gasteiger partial charge in [0.2, 0.25) is 10.0 Å². The molecule has 0 bridgehead atoms. The van der Waals surface area contributed by atoms with Crippen LogP contribution in [0.5, 0.6) is 5.75 Å². The van der Waals surface area contributed by atoms with Crippen LogP contribution in [0.2, 0.25) is 5.02 Å². The molecule has 2 aromatic carbocycles. The Morgan fingerprint density at radius 1 is 0.969 bits per heavy atom. The lowest BCUT2D eigenvalue weighted by Crippen LogP contribution is -2.32. The fourth-order valence-electron chi connectivity index (χ4n) is 3.25. The molecule has 0 radical (unpaired) electrons. The lowest BCUT2D eigenvalue weighted by Gasteiger charge is -2.20. The molecule has 1 aliphatic rings. The molecular weight excluding hydrogens is 456 g/mol. The van der Waals surface area contributed by atoms with Crippen molar-refractivity contribution in [1.82, 2.24) is 4.31 Å². The van der Waals surface area contributed by atoms with Gasteiger partial charge in [-0.05, 0) is 43.2 Å². The molecule has 0 aromatic heterocycles. The average Bonchev–Trinajstić information content (AvgIpc) is 3.08. The van der Waals surface area contributed by atoms with E-state index in [2.05, 4.69) is 5.32 Å². The number of benzene rings is 2. The highest BCUT2D eigenvalue weighted by molar-refractivity contribution is 7.89. The number of nitrogens with zero attached hydrogens (tertiary/aromatic N) is 1. The quantitative estimate of drug-likeness (QED) is 0.580. The minimum Gasteiger partial charge on any atom is -0.480 e. The van der Waals surface area contributed by atoms with E-state index in [4.69, 9.17) is 21.1 Å². The van der Waals surface area contributed by atoms with Crippen molar-refractivity contribution >= 4 is 39.2 Å². The number of nitrogens with one attached hydrogen (secondary N) is 1. The molecule has 1 heterocycles. The zero-order valence-electron chi connectivity index (χ0n) is 17.5. The number of hydrogen-bond acceptors (Lipinski definition) is 6. The maximum absolute atomic E-state index is 12.9. The SMILES string of the molecule is O=C(COC(=O)COc1ccccc1Cl)Nc1cccc(S(=O)(=O)N2CCCCCC2)c1. The molecule has 0 aliphatic carbocycles. The molecule has 3 rings (SSSR count). The van der Waals surface area contributed by atoms with Gasteiger partial charge in [0.15, 0.2) is 13.2 Å². The van der Waals surface area contributed by atoms with Gasteiger partial charge < -0.3 is 14.8 Å². The van der Waals surface area contributed by atoms with E-state index in [9.17, 15) is 18.0 Å². The van der Waals surface area contributed by atoms with Gasteiger partial charge >= 0.3 is 5.97 Å². The molecule has 0 saturated carbocycles. The van der Waals surface area contributed by atoms with Crippen molar-refractivity contribution in [3.05, 3.63) is 53.6 Å². The summed E-state index contributed by atoms with van der Waals surface area (Å²) in [5, 5.41) is 2.90. The molecule has 0 unspecified atom stereocenters. The molecule has 10 heteroatoms. The van der Waals surface area contributed by atoms with Gasteiger partial charge in [-0.25, -0.2) is 13.2 Å². The van der Waals surface area contributed by atoms with Crippen molar-refractivity contribution in [2.45, 2.75) is 30.6 Å². The lowest BCUT2D eigenvalue weighted by atomic mass is 10.2. The van der Waals surface area contributed by atoms with Gasteiger partial charge in [-0.2, -0.15) is 4.31 Å². The van der Waals surface area contributed by atoms with E-state index in [1.165, 1.54) is 16.4 Å². The number of carbonyl (C=O) groups is 2. The average molecular weight is 481 g/mol. The van der Waals surface area contributed by atoms with Crippen molar-refractivity contribution in [3.8, 4) is 5.75 Å². The number of sulfonamides is 1. The Bertz CT molecular complexity index is 1050. The van der Waals surface area contributed by atoms with Gasteiger partial charge in [0.25, 0.3) is 5.91 Å². The highest BCUT2D eigenvalue weighted by atomic mass is 35.5. The maximum atomic E-state index is 12.9. The summed E-state index contributed by atoms with van der Waals surface area (Å²) in [6, 6.07) is 12.7. The van der Waals surface area contributed by atoms with Crippen molar-refractivity contribution in [3.63, 3.8) is 0 Å². The number of hydrogen-bond donors (Lipinski definition) is 1. The summed E-state index contributed by atoms with van der Waals surface area (Å²) in [6.45, 7) is 0.0463. The summed E-state index contributed by atoms with van der Waals surface area (Å²) < 4.78 is 37.5. The highest BCUT2D eigenvalue weighted by Crippen LogP contribution is 2.24. The zero-order chi connectivity index (χ0) is 23.0. The topological polar surface area (TPSA) is 102 Å². The van der Waals surface area contributed by atoms with Crippen molar-refractivity contribution in [2.24, 2.45) is 0 Å². The molecule has 1 saturated heterocycles. The van der Waals surface area contributed by atoms with E-state index in [-0.39, 0.29) is 4.90 Å². The molecule has 1 amide bonds. The minimum absolute atomic E-state index is 0.113. The Morgan fingerprint density at radius 3 is 2.41 bits per heavy atom. The first-order chi connectivity index (χ1) is 15.4.